The summed E-state index contributed by atoms with van der Waals surface area (Å²) >= 11 is 5.88. The molecule has 2 aromatic carbocycles. The van der Waals surface area contributed by atoms with Crippen molar-refractivity contribution in [3.05, 3.63) is 47.2 Å². The van der Waals surface area contributed by atoms with Gasteiger partial charge in [0.2, 0.25) is 17.2 Å². The summed E-state index contributed by atoms with van der Waals surface area (Å²) in [5.74, 6) is -0.484. The quantitative estimate of drug-likeness (QED) is 0.265. The Hall–Kier alpha value is -2.93. The van der Waals surface area contributed by atoms with Crippen molar-refractivity contribution in [3.8, 4) is 0 Å². The van der Waals surface area contributed by atoms with Crippen LogP contribution in [-0.2, 0) is 30.4 Å². The van der Waals surface area contributed by atoms with E-state index in [4.69, 9.17) is 16.2 Å². The SMILES string of the molecule is Cc1cc(Nc2nc(Cl)nc(Nc3ccc(S(=O)(=O)O)cc3)n2)c(S(=O)(=O)O)cc1S(=O)(=O)O. The molecule has 14 nitrogen and oxygen atoms in total. The van der Waals surface area contributed by atoms with Crippen LogP contribution >= 0.6 is 11.6 Å². The summed E-state index contributed by atoms with van der Waals surface area (Å²) < 4.78 is 96.7. The summed E-state index contributed by atoms with van der Waals surface area (Å²) in [6.07, 6.45) is 0. The highest BCUT2D eigenvalue weighted by Gasteiger charge is 2.24. The number of halogens is 1. The van der Waals surface area contributed by atoms with Crippen LogP contribution in [0.3, 0.4) is 0 Å². The predicted molar refractivity (Wildman–Crippen MR) is 118 cm³/mol. The lowest BCUT2D eigenvalue weighted by molar-refractivity contribution is 0.478. The molecule has 0 aliphatic heterocycles. The van der Waals surface area contributed by atoms with Gasteiger partial charge >= 0.3 is 0 Å². The fourth-order valence-corrected chi connectivity index (χ4v) is 4.78. The summed E-state index contributed by atoms with van der Waals surface area (Å²) in [4.78, 5) is 9.59. The van der Waals surface area contributed by atoms with Gasteiger partial charge in [-0.3, -0.25) is 13.7 Å². The first kappa shape index (κ1) is 25.7. The Balaban J connectivity index is 1.99. The zero-order valence-corrected chi connectivity index (χ0v) is 19.9. The number of aromatic nitrogens is 3. The third-order valence-corrected chi connectivity index (χ3v) is 7.02. The van der Waals surface area contributed by atoms with Crippen LogP contribution < -0.4 is 10.6 Å². The van der Waals surface area contributed by atoms with Crippen LogP contribution in [0.1, 0.15) is 5.56 Å². The fourth-order valence-electron chi connectivity index (χ4n) is 2.68. The van der Waals surface area contributed by atoms with Crippen LogP contribution in [0, 0.1) is 6.92 Å². The van der Waals surface area contributed by atoms with Crippen molar-refractivity contribution in [2.75, 3.05) is 10.6 Å². The van der Waals surface area contributed by atoms with Crippen molar-refractivity contribution in [1.82, 2.24) is 15.0 Å². The van der Waals surface area contributed by atoms with Crippen LogP contribution in [0.4, 0.5) is 23.3 Å². The van der Waals surface area contributed by atoms with Crippen molar-refractivity contribution in [1.29, 1.82) is 0 Å². The molecule has 1 heterocycles. The zero-order valence-electron chi connectivity index (χ0n) is 16.7. The molecule has 0 spiro atoms. The maximum absolute atomic E-state index is 11.8. The first-order valence-electron chi connectivity index (χ1n) is 8.67. The monoisotopic (exact) mass is 551 g/mol. The number of anilines is 4. The molecular formula is C16H14ClN5O9S3. The molecule has 0 unspecified atom stereocenters. The Labute approximate surface area is 198 Å². The zero-order chi connectivity index (χ0) is 25.5. The summed E-state index contributed by atoms with van der Waals surface area (Å²) in [6.45, 7) is 1.27. The predicted octanol–water partition coefficient (Wildman–Crippen LogP) is 2.06. The molecule has 0 radical (unpaired) electrons. The van der Waals surface area contributed by atoms with Gasteiger partial charge in [-0.2, -0.15) is 40.2 Å². The van der Waals surface area contributed by atoms with Crippen molar-refractivity contribution in [3.63, 3.8) is 0 Å². The maximum atomic E-state index is 11.8. The number of nitrogens with one attached hydrogen (secondary N) is 2. The summed E-state index contributed by atoms with van der Waals surface area (Å²) in [5.41, 5.74) is -0.111. The van der Waals surface area contributed by atoms with Gasteiger partial charge in [-0.15, -0.1) is 0 Å². The van der Waals surface area contributed by atoms with E-state index in [1.807, 2.05) is 0 Å². The van der Waals surface area contributed by atoms with Gasteiger partial charge in [-0.25, -0.2) is 0 Å². The average molecular weight is 552 g/mol. The van der Waals surface area contributed by atoms with Crippen LogP contribution in [0.15, 0.2) is 51.1 Å². The molecule has 0 atom stereocenters. The first-order valence-corrected chi connectivity index (χ1v) is 13.4. The van der Waals surface area contributed by atoms with Gasteiger partial charge in [-0.05, 0) is 60.5 Å². The van der Waals surface area contributed by atoms with Gasteiger partial charge in [-0.1, -0.05) is 0 Å². The van der Waals surface area contributed by atoms with Crippen molar-refractivity contribution >= 4 is 65.2 Å². The molecule has 3 aromatic rings. The second-order valence-corrected chi connectivity index (χ2v) is 11.1. The smallest absolute Gasteiger partial charge is 0.296 e. The van der Waals surface area contributed by atoms with Crippen molar-refractivity contribution < 1.29 is 38.9 Å². The average Bonchev–Trinajstić information content (AvgIpc) is 2.65. The number of benzene rings is 2. The largest absolute Gasteiger partial charge is 0.324 e. The molecule has 0 aliphatic carbocycles. The summed E-state index contributed by atoms with van der Waals surface area (Å²) in [6, 6.07) is 6.38. The van der Waals surface area contributed by atoms with E-state index in [9.17, 15) is 34.4 Å². The highest BCUT2D eigenvalue weighted by Crippen LogP contribution is 2.30. The molecule has 18 heteroatoms. The number of aryl methyl sites for hydroxylation is 1. The summed E-state index contributed by atoms with van der Waals surface area (Å²) in [5, 5.41) is 4.82. The maximum Gasteiger partial charge on any atom is 0.296 e. The van der Waals surface area contributed by atoms with Gasteiger partial charge in [0.15, 0.2) is 0 Å². The molecule has 1 aromatic heterocycles. The van der Waals surface area contributed by atoms with Gasteiger partial charge in [0.05, 0.1) is 15.5 Å². The molecule has 0 amide bonds. The Kier molecular flexibility index (Phi) is 6.82. The molecule has 0 fully saturated rings. The van der Waals surface area contributed by atoms with Gasteiger partial charge in [0, 0.05) is 5.69 Å². The first-order chi connectivity index (χ1) is 15.5. The highest BCUT2D eigenvalue weighted by atomic mass is 35.5. The molecule has 0 bridgehead atoms. The van der Waals surface area contributed by atoms with E-state index in [1.165, 1.54) is 19.1 Å². The molecule has 0 saturated carbocycles. The Morgan fingerprint density at radius 3 is 1.76 bits per heavy atom. The van der Waals surface area contributed by atoms with E-state index < -0.39 is 40.1 Å². The van der Waals surface area contributed by atoms with Gasteiger partial charge in [0.1, 0.15) is 4.90 Å². The third-order valence-electron chi connectivity index (χ3n) is 4.10. The number of hydrogen-bond acceptors (Lipinski definition) is 11. The Bertz CT molecular complexity index is 1590. The fraction of sp³-hybridized carbons (Fsp3) is 0.0625. The second kappa shape index (κ2) is 9.02. The number of nitrogens with zero attached hydrogens (tertiary/aromatic N) is 3. The van der Waals surface area contributed by atoms with E-state index in [2.05, 4.69) is 25.6 Å². The van der Waals surface area contributed by atoms with E-state index >= 15 is 0 Å². The van der Waals surface area contributed by atoms with Crippen molar-refractivity contribution in [2.45, 2.75) is 21.6 Å². The van der Waals surface area contributed by atoms with Crippen LogP contribution in [0.2, 0.25) is 5.28 Å². The Morgan fingerprint density at radius 2 is 1.26 bits per heavy atom. The molecule has 3 rings (SSSR count). The van der Waals surface area contributed by atoms with E-state index in [-0.39, 0.29) is 39.0 Å². The van der Waals surface area contributed by atoms with Crippen LogP contribution in [0.25, 0.3) is 0 Å². The third kappa shape index (κ3) is 6.14. The lowest BCUT2D eigenvalue weighted by atomic mass is 10.2. The van der Waals surface area contributed by atoms with E-state index in [0.717, 1.165) is 18.2 Å². The minimum atomic E-state index is -4.97. The van der Waals surface area contributed by atoms with Gasteiger partial charge in [0.25, 0.3) is 30.4 Å². The normalized spacial score (nSPS) is 12.4. The van der Waals surface area contributed by atoms with Crippen LogP contribution in [0.5, 0.6) is 0 Å². The van der Waals surface area contributed by atoms with E-state index in [0.29, 0.717) is 6.07 Å². The lowest BCUT2D eigenvalue weighted by Gasteiger charge is -2.13. The molecule has 0 aliphatic rings. The standard InChI is InChI=1S/C16H14ClN5O9S3/c1-8-6-11(13(34(29,30)31)7-12(8)33(26,27)28)19-16-21-14(17)20-15(22-16)18-9-2-4-10(5-3-9)32(23,24)25/h2-7H,1H3,(H,23,24,25)(H,26,27,28)(H,29,30,31)(H2,18,19,20,21,22). The lowest BCUT2D eigenvalue weighted by Crippen LogP contribution is -2.10. The topological polar surface area (TPSA) is 226 Å². The Morgan fingerprint density at radius 1 is 0.735 bits per heavy atom. The molecular weight excluding hydrogens is 538 g/mol. The van der Waals surface area contributed by atoms with E-state index in [1.54, 1.807) is 0 Å². The summed E-state index contributed by atoms with van der Waals surface area (Å²) in [7, 11) is -14.2. The molecule has 34 heavy (non-hydrogen) atoms. The number of hydrogen-bond donors (Lipinski definition) is 5. The molecule has 0 saturated heterocycles. The van der Waals surface area contributed by atoms with Crippen molar-refractivity contribution in [2.24, 2.45) is 0 Å². The van der Waals surface area contributed by atoms with Gasteiger partial charge < -0.3 is 10.6 Å². The molecule has 182 valence electrons. The minimum absolute atomic E-state index is 0.0603. The van der Waals surface area contributed by atoms with Crippen LogP contribution in [-0.4, -0.2) is 53.9 Å². The number of rotatable bonds is 7. The minimum Gasteiger partial charge on any atom is -0.324 e. The highest BCUT2D eigenvalue weighted by molar-refractivity contribution is 7.87. The molecule has 5 N–H and O–H groups in total. The second-order valence-electron chi connectivity index (χ2n) is 6.57.